The van der Waals surface area contributed by atoms with Gasteiger partial charge in [-0.25, -0.2) is 0 Å². The highest BCUT2D eigenvalue weighted by molar-refractivity contribution is 6.68. The molecule has 0 bridgehead atoms. The Bertz CT molecular complexity index is 522. The number of halogens is 1. The molecule has 2 aromatic rings. The molecule has 88 valence electrons. The standard InChI is InChI=1S/C12H10ClNO3/c1-8-10(11(13)15)12(14-17-8)16-7-9-5-3-2-4-6-9/h2-6H,7H2,1H3. The summed E-state index contributed by atoms with van der Waals surface area (Å²) in [5, 5.41) is 3.02. The van der Waals surface area contributed by atoms with Crippen LogP contribution in [0.25, 0.3) is 0 Å². The van der Waals surface area contributed by atoms with E-state index in [1.807, 2.05) is 30.3 Å². The van der Waals surface area contributed by atoms with Crippen LogP contribution < -0.4 is 4.74 Å². The van der Waals surface area contributed by atoms with Crippen molar-refractivity contribution in [3.05, 3.63) is 47.2 Å². The van der Waals surface area contributed by atoms with Crippen molar-refractivity contribution in [1.82, 2.24) is 5.16 Å². The molecule has 0 aliphatic rings. The number of aryl methyl sites for hydroxylation is 1. The van der Waals surface area contributed by atoms with Gasteiger partial charge in [0.1, 0.15) is 17.9 Å². The molecule has 4 nitrogen and oxygen atoms in total. The quantitative estimate of drug-likeness (QED) is 0.784. The fraction of sp³-hybridized carbons (Fsp3) is 0.167. The van der Waals surface area contributed by atoms with Crippen molar-refractivity contribution < 1.29 is 14.1 Å². The number of aromatic nitrogens is 1. The fourth-order valence-electron chi connectivity index (χ4n) is 1.40. The smallest absolute Gasteiger partial charge is 0.267 e. The Morgan fingerprint density at radius 1 is 1.41 bits per heavy atom. The van der Waals surface area contributed by atoms with Gasteiger partial charge in [0.2, 0.25) is 0 Å². The molecule has 0 spiro atoms. The van der Waals surface area contributed by atoms with E-state index in [1.165, 1.54) is 0 Å². The summed E-state index contributed by atoms with van der Waals surface area (Å²) in [5.41, 5.74) is 1.16. The zero-order valence-corrected chi connectivity index (χ0v) is 9.90. The van der Waals surface area contributed by atoms with Gasteiger partial charge in [-0.1, -0.05) is 30.3 Å². The molecule has 17 heavy (non-hydrogen) atoms. The first-order valence-electron chi connectivity index (χ1n) is 5.01. The van der Waals surface area contributed by atoms with Crippen molar-refractivity contribution in [2.75, 3.05) is 0 Å². The van der Waals surface area contributed by atoms with Crippen LogP contribution in [-0.4, -0.2) is 10.4 Å². The Kier molecular flexibility index (Phi) is 3.44. The van der Waals surface area contributed by atoms with E-state index < -0.39 is 5.24 Å². The first-order chi connectivity index (χ1) is 8.18. The van der Waals surface area contributed by atoms with Gasteiger partial charge in [0, 0.05) is 0 Å². The number of hydrogen-bond donors (Lipinski definition) is 0. The summed E-state index contributed by atoms with van der Waals surface area (Å²) in [6.45, 7) is 1.92. The minimum atomic E-state index is -0.633. The molecule has 0 radical (unpaired) electrons. The maximum absolute atomic E-state index is 11.1. The maximum Gasteiger partial charge on any atom is 0.267 e. The number of rotatable bonds is 4. The normalized spacial score (nSPS) is 10.2. The molecule has 0 aliphatic carbocycles. The van der Waals surface area contributed by atoms with Gasteiger partial charge in [-0.05, 0) is 29.2 Å². The summed E-state index contributed by atoms with van der Waals surface area (Å²) >= 11 is 5.42. The van der Waals surface area contributed by atoms with E-state index in [-0.39, 0.29) is 11.4 Å². The van der Waals surface area contributed by atoms with Crippen molar-refractivity contribution >= 4 is 16.8 Å². The van der Waals surface area contributed by atoms with Crippen LogP contribution in [-0.2, 0) is 6.61 Å². The van der Waals surface area contributed by atoms with Gasteiger partial charge in [-0.3, -0.25) is 4.79 Å². The molecule has 0 unspecified atom stereocenters. The molecule has 1 aromatic heterocycles. The molecular weight excluding hydrogens is 242 g/mol. The SMILES string of the molecule is Cc1onc(OCc2ccccc2)c1C(=O)Cl. The zero-order valence-electron chi connectivity index (χ0n) is 9.14. The third-order valence-electron chi connectivity index (χ3n) is 2.25. The van der Waals surface area contributed by atoms with E-state index in [2.05, 4.69) is 5.16 Å². The van der Waals surface area contributed by atoms with E-state index in [1.54, 1.807) is 6.92 Å². The average Bonchev–Trinajstić information content (AvgIpc) is 2.69. The molecule has 1 aromatic carbocycles. The van der Waals surface area contributed by atoms with Crippen LogP contribution in [0.3, 0.4) is 0 Å². The highest BCUT2D eigenvalue weighted by Gasteiger charge is 2.19. The Balaban J connectivity index is 2.12. The summed E-state index contributed by atoms with van der Waals surface area (Å²) in [4.78, 5) is 11.1. The van der Waals surface area contributed by atoms with E-state index >= 15 is 0 Å². The molecule has 2 rings (SSSR count). The largest absolute Gasteiger partial charge is 0.470 e. The van der Waals surface area contributed by atoms with Crippen LogP contribution >= 0.6 is 11.6 Å². The molecule has 0 saturated heterocycles. The molecule has 0 aliphatic heterocycles. The lowest BCUT2D eigenvalue weighted by atomic mass is 10.2. The number of benzene rings is 1. The second-order valence-electron chi connectivity index (χ2n) is 3.47. The molecule has 5 heteroatoms. The predicted molar refractivity (Wildman–Crippen MR) is 62.2 cm³/mol. The third kappa shape index (κ3) is 2.65. The maximum atomic E-state index is 11.1. The summed E-state index contributed by atoms with van der Waals surface area (Å²) in [6, 6.07) is 9.54. The fourth-order valence-corrected chi connectivity index (χ4v) is 1.61. The Labute approximate surface area is 103 Å². The summed E-state index contributed by atoms with van der Waals surface area (Å²) in [5.74, 6) is 0.486. The van der Waals surface area contributed by atoms with Crippen molar-refractivity contribution in [1.29, 1.82) is 0 Å². The minimum Gasteiger partial charge on any atom is -0.470 e. The van der Waals surface area contributed by atoms with E-state index in [4.69, 9.17) is 20.9 Å². The van der Waals surface area contributed by atoms with E-state index in [9.17, 15) is 4.79 Å². The average molecular weight is 252 g/mol. The van der Waals surface area contributed by atoms with Crippen LogP contribution in [0, 0.1) is 6.92 Å². The van der Waals surface area contributed by atoms with Crippen LogP contribution in [0.4, 0.5) is 0 Å². The lowest BCUT2D eigenvalue weighted by Gasteiger charge is -2.02. The summed E-state index contributed by atoms with van der Waals surface area (Å²) in [6.07, 6.45) is 0. The first kappa shape index (κ1) is 11.7. The topological polar surface area (TPSA) is 52.3 Å². The lowest BCUT2D eigenvalue weighted by molar-refractivity contribution is 0.107. The number of nitrogens with zero attached hydrogens (tertiary/aromatic N) is 1. The van der Waals surface area contributed by atoms with Crippen LogP contribution in [0.2, 0.25) is 0 Å². The van der Waals surface area contributed by atoms with Gasteiger partial charge < -0.3 is 9.26 Å². The van der Waals surface area contributed by atoms with Crippen LogP contribution in [0.5, 0.6) is 5.88 Å². The molecular formula is C12H10ClNO3. The zero-order chi connectivity index (χ0) is 12.3. The lowest BCUT2D eigenvalue weighted by Crippen LogP contribution is -2.00. The predicted octanol–water partition coefficient (Wildman–Crippen LogP) is 2.94. The number of ether oxygens (including phenoxy) is 1. The van der Waals surface area contributed by atoms with Gasteiger partial charge in [-0.2, -0.15) is 0 Å². The van der Waals surface area contributed by atoms with Gasteiger partial charge in [-0.15, -0.1) is 0 Å². The molecule has 0 N–H and O–H groups in total. The monoisotopic (exact) mass is 251 g/mol. The highest BCUT2D eigenvalue weighted by atomic mass is 35.5. The molecule has 0 amide bonds. The second kappa shape index (κ2) is 5.01. The van der Waals surface area contributed by atoms with E-state index in [0.717, 1.165) is 5.56 Å². The number of hydrogen-bond acceptors (Lipinski definition) is 4. The highest BCUT2D eigenvalue weighted by Crippen LogP contribution is 2.23. The van der Waals surface area contributed by atoms with Crippen molar-refractivity contribution in [3.63, 3.8) is 0 Å². The third-order valence-corrected chi connectivity index (χ3v) is 2.44. The van der Waals surface area contributed by atoms with Gasteiger partial charge in [0.25, 0.3) is 11.1 Å². The van der Waals surface area contributed by atoms with E-state index in [0.29, 0.717) is 12.4 Å². The Morgan fingerprint density at radius 3 is 2.76 bits per heavy atom. The number of carbonyl (C=O) groups excluding carboxylic acids is 1. The molecule has 0 fully saturated rings. The Hall–Kier alpha value is -1.81. The van der Waals surface area contributed by atoms with Crippen molar-refractivity contribution in [2.45, 2.75) is 13.5 Å². The molecule has 1 heterocycles. The van der Waals surface area contributed by atoms with Crippen molar-refractivity contribution in [3.8, 4) is 5.88 Å². The Morgan fingerprint density at radius 2 is 2.12 bits per heavy atom. The summed E-state index contributed by atoms with van der Waals surface area (Å²) in [7, 11) is 0. The van der Waals surface area contributed by atoms with Crippen molar-refractivity contribution in [2.24, 2.45) is 0 Å². The van der Waals surface area contributed by atoms with Gasteiger partial charge >= 0.3 is 0 Å². The van der Waals surface area contributed by atoms with Gasteiger partial charge in [0.15, 0.2) is 0 Å². The van der Waals surface area contributed by atoms with Crippen LogP contribution in [0.15, 0.2) is 34.9 Å². The minimum absolute atomic E-state index is 0.131. The molecule has 0 atom stereocenters. The first-order valence-corrected chi connectivity index (χ1v) is 5.39. The summed E-state index contributed by atoms with van der Waals surface area (Å²) < 4.78 is 10.3. The van der Waals surface area contributed by atoms with Crippen LogP contribution in [0.1, 0.15) is 21.7 Å². The number of carbonyl (C=O) groups is 1. The van der Waals surface area contributed by atoms with Gasteiger partial charge in [0.05, 0.1) is 0 Å². The molecule has 0 saturated carbocycles. The second-order valence-corrected chi connectivity index (χ2v) is 3.81.